The second-order valence-corrected chi connectivity index (χ2v) is 6.12. The Morgan fingerprint density at radius 3 is 2.74 bits per heavy atom. The van der Waals surface area contributed by atoms with Crippen molar-refractivity contribution < 1.29 is 18.7 Å². The number of carbonyl (C=O) groups excluding carboxylic acids is 2. The molecule has 0 aliphatic heterocycles. The van der Waals surface area contributed by atoms with Gasteiger partial charge in [0.1, 0.15) is 18.1 Å². The lowest BCUT2D eigenvalue weighted by atomic mass is 10.2. The number of rotatable bonds is 6. The first-order valence-electron chi connectivity index (χ1n) is 8.33. The summed E-state index contributed by atoms with van der Waals surface area (Å²) < 4.78 is 11.6. The maximum atomic E-state index is 12.3. The molecule has 3 aromatic rings. The highest BCUT2D eigenvalue weighted by molar-refractivity contribution is 5.81. The summed E-state index contributed by atoms with van der Waals surface area (Å²) in [7, 11) is 1.59. The Labute approximate surface area is 155 Å². The van der Waals surface area contributed by atoms with Crippen molar-refractivity contribution in [1.82, 2.24) is 14.5 Å². The van der Waals surface area contributed by atoms with Crippen molar-refractivity contribution in [3.63, 3.8) is 0 Å². The van der Waals surface area contributed by atoms with Crippen LogP contribution in [0.15, 0.2) is 51.9 Å². The Hall–Kier alpha value is -3.42. The van der Waals surface area contributed by atoms with Crippen molar-refractivity contribution in [2.24, 2.45) is 0 Å². The average molecular weight is 369 g/mol. The molecule has 8 nitrogen and oxygen atoms in total. The van der Waals surface area contributed by atoms with E-state index in [4.69, 9.17) is 9.15 Å². The number of carbonyl (C=O) groups is 2. The first-order valence-corrected chi connectivity index (χ1v) is 8.33. The Morgan fingerprint density at radius 1 is 1.22 bits per heavy atom. The van der Waals surface area contributed by atoms with E-state index in [1.54, 1.807) is 37.4 Å². The van der Waals surface area contributed by atoms with Crippen molar-refractivity contribution in [2.75, 3.05) is 13.7 Å². The van der Waals surface area contributed by atoms with Crippen LogP contribution in [0.1, 0.15) is 11.5 Å². The molecular formula is C19H19N3O5. The second-order valence-electron chi connectivity index (χ2n) is 6.12. The Morgan fingerprint density at radius 2 is 2.00 bits per heavy atom. The van der Waals surface area contributed by atoms with Gasteiger partial charge in [0.05, 0.1) is 23.8 Å². The number of aryl methyl sites for hydroxylation is 1. The summed E-state index contributed by atoms with van der Waals surface area (Å²) in [6.07, 6.45) is 1.29. The molecule has 140 valence electrons. The van der Waals surface area contributed by atoms with Gasteiger partial charge in [0.2, 0.25) is 0 Å². The molecule has 0 N–H and O–H groups in total. The van der Waals surface area contributed by atoms with Crippen LogP contribution in [0.4, 0.5) is 0 Å². The number of esters is 1. The maximum Gasteiger partial charge on any atom is 0.326 e. The number of aromatic nitrogens is 2. The molecular weight excluding hydrogens is 350 g/mol. The van der Waals surface area contributed by atoms with Gasteiger partial charge in [0.15, 0.2) is 6.61 Å². The monoisotopic (exact) mass is 369 g/mol. The lowest BCUT2D eigenvalue weighted by Crippen LogP contribution is -2.32. The fourth-order valence-corrected chi connectivity index (χ4v) is 2.55. The number of ether oxygens (including phenoxy) is 1. The van der Waals surface area contributed by atoms with Gasteiger partial charge in [-0.3, -0.25) is 19.0 Å². The molecule has 0 saturated carbocycles. The second kappa shape index (κ2) is 7.86. The molecule has 8 heteroatoms. The van der Waals surface area contributed by atoms with Crippen LogP contribution >= 0.6 is 0 Å². The van der Waals surface area contributed by atoms with Crippen LogP contribution < -0.4 is 5.56 Å². The number of hydrogen-bond acceptors (Lipinski definition) is 6. The summed E-state index contributed by atoms with van der Waals surface area (Å²) in [5.74, 6) is 0.335. The maximum absolute atomic E-state index is 12.3. The van der Waals surface area contributed by atoms with Crippen LogP contribution in [0.3, 0.4) is 0 Å². The molecule has 27 heavy (non-hydrogen) atoms. The summed E-state index contributed by atoms with van der Waals surface area (Å²) in [5.41, 5.74) is 0.214. The minimum atomic E-state index is -0.690. The van der Waals surface area contributed by atoms with E-state index in [-0.39, 0.29) is 24.6 Å². The van der Waals surface area contributed by atoms with Crippen molar-refractivity contribution >= 4 is 22.8 Å². The van der Waals surface area contributed by atoms with Gasteiger partial charge in [-0.2, -0.15) is 0 Å². The summed E-state index contributed by atoms with van der Waals surface area (Å²) in [4.78, 5) is 41.9. The van der Waals surface area contributed by atoms with Crippen molar-refractivity contribution in [1.29, 1.82) is 0 Å². The van der Waals surface area contributed by atoms with Crippen LogP contribution in [0.5, 0.6) is 0 Å². The summed E-state index contributed by atoms with van der Waals surface area (Å²) in [6, 6.07) is 10.5. The van der Waals surface area contributed by atoms with Crippen LogP contribution in [-0.2, 0) is 27.4 Å². The third kappa shape index (κ3) is 4.41. The highest BCUT2D eigenvalue weighted by Crippen LogP contribution is 2.09. The van der Waals surface area contributed by atoms with Crippen LogP contribution in [0, 0.1) is 6.92 Å². The molecule has 0 bridgehead atoms. The normalized spacial score (nSPS) is 10.7. The van der Waals surface area contributed by atoms with Gasteiger partial charge in [0, 0.05) is 7.05 Å². The van der Waals surface area contributed by atoms with Gasteiger partial charge in [-0.15, -0.1) is 0 Å². The van der Waals surface area contributed by atoms with Crippen molar-refractivity contribution in [3.05, 3.63) is 64.6 Å². The van der Waals surface area contributed by atoms with Crippen molar-refractivity contribution in [2.45, 2.75) is 20.0 Å². The minimum absolute atomic E-state index is 0.276. The van der Waals surface area contributed by atoms with Crippen LogP contribution in [0.2, 0.25) is 0 Å². The van der Waals surface area contributed by atoms with Gasteiger partial charge in [-0.1, -0.05) is 12.1 Å². The largest absolute Gasteiger partial charge is 0.464 e. The first kappa shape index (κ1) is 18.4. The van der Waals surface area contributed by atoms with Gasteiger partial charge in [-0.25, -0.2) is 4.98 Å². The van der Waals surface area contributed by atoms with E-state index in [0.29, 0.717) is 16.7 Å². The molecule has 2 aromatic heterocycles. The number of para-hydroxylation sites is 1. The predicted molar refractivity (Wildman–Crippen MR) is 96.9 cm³/mol. The highest BCUT2D eigenvalue weighted by Gasteiger charge is 2.15. The van der Waals surface area contributed by atoms with E-state index < -0.39 is 12.6 Å². The molecule has 0 atom stereocenters. The quantitative estimate of drug-likeness (QED) is 0.611. The lowest BCUT2D eigenvalue weighted by Gasteiger charge is -2.15. The topological polar surface area (TPSA) is 94.6 Å². The number of nitrogens with zero attached hydrogens (tertiary/aromatic N) is 3. The molecule has 0 radical (unpaired) electrons. The zero-order valence-electron chi connectivity index (χ0n) is 15.0. The SMILES string of the molecule is Cc1ccc(CN(C)C(=O)COC(=O)Cn2cnc3ccccc3c2=O)o1. The summed E-state index contributed by atoms with van der Waals surface area (Å²) in [5, 5.41) is 0.414. The zero-order valence-corrected chi connectivity index (χ0v) is 15.0. The van der Waals surface area contributed by atoms with Gasteiger partial charge < -0.3 is 14.1 Å². The van der Waals surface area contributed by atoms with Crippen LogP contribution in [0.25, 0.3) is 10.9 Å². The van der Waals surface area contributed by atoms with E-state index in [1.165, 1.54) is 11.2 Å². The predicted octanol–water partition coefficient (Wildman–Crippen LogP) is 1.50. The molecule has 0 spiro atoms. The molecule has 3 rings (SSSR count). The smallest absolute Gasteiger partial charge is 0.326 e. The average Bonchev–Trinajstić information content (AvgIpc) is 3.07. The Bertz CT molecular complexity index is 1040. The molecule has 1 amide bonds. The van der Waals surface area contributed by atoms with E-state index in [2.05, 4.69) is 4.98 Å². The standard InChI is InChI=1S/C19H19N3O5/c1-13-7-8-14(27-13)9-21(2)17(23)11-26-18(24)10-22-12-20-16-6-4-3-5-15(16)19(22)25/h3-8,12H,9-11H2,1-2H3. The highest BCUT2D eigenvalue weighted by atomic mass is 16.5. The Kier molecular flexibility index (Phi) is 5.35. The van der Waals surface area contributed by atoms with E-state index >= 15 is 0 Å². The van der Waals surface area contributed by atoms with E-state index in [0.717, 1.165) is 10.3 Å². The number of benzene rings is 1. The Balaban J connectivity index is 1.55. The van der Waals surface area contributed by atoms with Crippen molar-refractivity contribution in [3.8, 4) is 0 Å². The molecule has 1 aromatic carbocycles. The minimum Gasteiger partial charge on any atom is -0.464 e. The molecule has 0 fully saturated rings. The number of fused-ring (bicyclic) bond motifs is 1. The van der Waals surface area contributed by atoms with Crippen LogP contribution in [-0.4, -0.2) is 40.0 Å². The van der Waals surface area contributed by atoms with Gasteiger partial charge >= 0.3 is 5.97 Å². The fourth-order valence-electron chi connectivity index (χ4n) is 2.55. The number of likely N-dealkylation sites (N-methyl/N-ethyl adjacent to an activating group) is 1. The summed E-state index contributed by atoms with van der Waals surface area (Å²) in [6.45, 7) is 1.37. The van der Waals surface area contributed by atoms with Gasteiger partial charge in [-0.05, 0) is 31.2 Å². The number of amides is 1. The number of furan rings is 1. The van der Waals surface area contributed by atoms with E-state index in [9.17, 15) is 14.4 Å². The van der Waals surface area contributed by atoms with E-state index in [1.807, 2.05) is 13.0 Å². The molecule has 0 aliphatic carbocycles. The molecule has 0 unspecified atom stereocenters. The first-order chi connectivity index (χ1) is 12.9. The third-order valence-corrected chi connectivity index (χ3v) is 4.00. The molecule has 2 heterocycles. The molecule has 0 aliphatic rings. The van der Waals surface area contributed by atoms with Gasteiger partial charge in [0.25, 0.3) is 11.5 Å². The molecule has 0 saturated heterocycles. The zero-order chi connectivity index (χ0) is 19.4. The third-order valence-electron chi connectivity index (χ3n) is 4.00. The lowest BCUT2D eigenvalue weighted by molar-refractivity contribution is -0.152. The fraction of sp³-hybridized carbons (Fsp3) is 0.263. The number of hydrogen-bond donors (Lipinski definition) is 0. The summed E-state index contributed by atoms with van der Waals surface area (Å²) >= 11 is 0.